The Hall–Kier alpha value is -2.39. The third-order valence-corrected chi connectivity index (χ3v) is 8.45. The Morgan fingerprint density at radius 3 is 2.74 bits per heavy atom. The van der Waals surface area contributed by atoms with E-state index >= 15 is 0 Å². The maximum atomic E-state index is 13.1. The summed E-state index contributed by atoms with van der Waals surface area (Å²) in [7, 11) is -3.56. The van der Waals surface area contributed by atoms with Crippen molar-refractivity contribution in [3.63, 3.8) is 0 Å². The highest BCUT2D eigenvalue weighted by molar-refractivity contribution is 7.89. The van der Waals surface area contributed by atoms with Crippen LogP contribution in [-0.4, -0.2) is 83.3 Å². The molecule has 1 aliphatic carbocycles. The van der Waals surface area contributed by atoms with Crippen LogP contribution in [0.5, 0.6) is 0 Å². The number of H-pyrrole nitrogens is 1. The molecule has 3 aliphatic rings. The van der Waals surface area contributed by atoms with E-state index in [4.69, 9.17) is 0 Å². The number of benzene rings is 1. The molecule has 0 bridgehead atoms. The molecule has 166 valence electrons. The van der Waals surface area contributed by atoms with Crippen LogP contribution in [0, 0.1) is 0 Å². The van der Waals surface area contributed by atoms with Crippen LogP contribution in [0.25, 0.3) is 10.9 Å². The number of hydrogen-bond donors (Lipinski definition) is 1. The molecule has 2 saturated heterocycles. The molecule has 3 fully saturated rings. The molecule has 1 atom stereocenters. The first-order valence-electron chi connectivity index (χ1n) is 11.1. The summed E-state index contributed by atoms with van der Waals surface area (Å²) in [5.74, 6) is -0.335. The SMILES string of the molecule is O=C(CCCc1c[nH]c2ccccc12)N1CCN2CCS(=O)(=O)N(C3CC3)C(=O)C2C1. The Kier molecular flexibility index (Phi) is 5.26. The number of aryl methyl sites for hydroxylation is 1. The fraction of sp³-hybridized carbons (Fsp3) is 0.545. The van der Waals surface area contributed by atoms with Crippen LogP contribution in [0.3, 0.4) is 0 Å². The van der Waals surface area contributed by atoms with E-state index in [1.165, 1.54) is 10.9 Å². The summed E-state index contributed by atoms with van der Waals surface area (Å²) >= 11 is 0. The molecule has 9 heteroatoms. The molecule has 3 heterocycles. The number of nitrogens with one attached hydrogen (secondary N) is 1. The minimum absolute atomic E-state index is 0.0235. The first-order valence-corrected chi connectivity index (χ1v) is 12.7. The van der Waals surface area contributed by atoms with Gasteiger partial charge in [0.2, 0.25) is 15.9 Å². The van der Waals surface area contributed by atoms with Gasteiger partial charge < -0.3 is 9.88 Å². The number of sulfonamides is 1. The van der Waals surface area contributed by atoms with Gasteiger partial charge in [-0.15, -0.1) is 0 Å². The van der Waals surface area contributed by atoms with E-state index in [0.29, 0.717) is 26.1 Å². The third kappa shape index (κ3) is 3.96. The lowest BCUT2D eigenvalue weighted by Gasteiger charge is -2.39. The largest absolute Gasteiger partial charge is 0.361 e. The van der Waals surface area contributed by atoms with Crippen LogP contribution >= 0.6 is 0 Å². The monoisotopic (exact) mass is 444 g/mol. The standard InChI is InChI=1S/C22H28N4O4S/c27-21(7-3-4-16-14-23-19-6-2-1-5-18(16)19)25-11-10-24-12-13-31(29,30)26(17-8-9-17)22(28)20(24)15-25/h1-2,5-6,14,17,20,23H,3-4,7-13,15H2. The van der Waals surface area contributed by atoms with Gasteiger partial charge in [0.1, 0.15) is 6.04 Å². The third-order valence-electron chi connectivity index (χ3n) is 6.67. The average Bonchev–Trinajstić information content (AvgIpc) is 3.51. The molecule has 1 aromatic heterocycles. The van der Waals surface area contributed by atoms with Crippen molar-refractivity contribution in [2.24, 2.45) is 0 Å². The molecule has 8 nitrogen and oxygen atoms in total. The van der Waals surface area contributed by atoms with E-state index in [1.54, 1.807) is 4.90 Å². The minimum atomic E-state index is -3.56. The summed E-state index contributed by atoms with van der Waals surface area (Å²) in [4.78, 5) is 32.9. The van der Waals surface area contributed by atoms with Gasteiger partial charge in [-0.1, -0.05) is 18.2 Å². The molecule has 5 rings (SSSR count). The normalized spacial score (nSPS) is 24.3. The summed E-state index contributed by atoms with van der Waals surface area (Å²) in [5, 5.41) is 1.19. The summed E-state index contributed by atoms with van der Waals surface area (Å²) in [6.07, 6.45) is 5.46. The molecule has 31 heavy (non-hydrogen) atoms. The zero-order valence-corrected chi connectivity index (χ0v) is 18.3. The zero-order valence-electron chi connectivity index (χ0n) is 17.5. The lowest BCUT2D eigenvalue weighted by Crippen LogP contribution is -2.59. The number of hydrogen-bond acceptors (Lipinski definition) is 5. The summed E-state index contributed by atoms with van der Waals surface area (Å²) < 4.78 is 26.3. The van der Waals surface area contributed by atoms with Crippen LogP contribution in [0.15, 0.2) is 30.5 Å². The summed E-state index contributed by atoms with van der Waals surface area (Å²) in [6.45, 7) is 1.71. The fourth-order valence-corrected chi connectivity index (χ4v) is 6.53. The average molecular weight is 445 g/mol. The van der Waals surface area contributed by atoms with Gasteiger partial charge in [0.25, 0.3) is 5.91 Å². The van der Waals surface area contributed by atoms with Crippen molar-refractivity contribution >= 4 is 32.7 Å². The van der Waals surface area contributed by atoms with Crippen molar-refractivity contribution in [2.45, 2.75) is 44.2 Å². The number of carbonyl (C=O) groups excluding carboxylic acids is 2. The highest BCUT2D eigenvalue weighted by Crippen LogP contribution is 2.33. The molecule has 1 unspecified atom stereocenters. The van der Waals surface area contributed by atoms with Gasteiger partial charge in [0.15, 0.2) is 0 Å². The number of carbonyl (C=O) groups is 2. The van der Waals surface area contributed by atoms with Crippen LogP contribution in [0.4, 0.5) is 0 Å². The van der Waals surface area contributed by atoms with Crippen molar-refractivity contribution in [1.82, 2.24) is 19.1 Å². The maximum Gasteiger partial charge on any atom is 0.255 e. The zero-order chi connectivity index (χ0) is 21.6. The van der Waals surface area contributed by atoms with Gasteiger partial charge in [0.05, 0.1) is 5.75 Å². The van der Waals surface area contributed by atoms with Crippen LogP contribution < -0.4 is 0 Å². The van der Waals surface area contributed by atoms with E-state index in [1.807, 2.05) is 29.3 Å². The summed E-state index contributed by atoms with van der Waals surface area (Å²) in [6, 6.07) is 7.40. The molecule has 0 spiro atoms. The molecular formula is C22H28N4O4S. The Balaban J connectivity index is 1.21. The van der Waals surface area contributed by atoms with Gasteiger partial charge >= 0.3 is 0 Å². The van der Waals surface area contributed by atoms with E-state index in [9.17, 15) is 18.0 Å². The van der Waals surface area contributed by atoms with Gasteiger partial charge in [-0.2, -0.15) is 0 Å². The molecule has 1 saturated carbocycles. The minimum Gasteiger partial charge on any atom is -0.361 e. The second-order valence-electron chi connectivity index (χ2n) is 8.79. The lowest BCUT2D eigenvalue weighted by molar-refractivity contribution is -0.140. The van der Waals surface area contributed by atoms with Gasteiger partial charge in [0, 0.05) is 55.7 Å². The Morgan fingerprint density at radius 2 is 1.94 bits per heavy atom. The van der Waals surface area contributed by atoms with E-state index in [-0.39, 0.29) is 30.2 Å². The highest BCUT2D eigenvalue weighted by Gasteiger charge is 2.48. The van der Waals surface area contributed by atoms with Crippen LogP contribution in [-0.2, 0) is 26.0 Å². The van der Waals surface area contributed by atoms with Crippen LogP contribution in [0.1, 0.15) is 31.2 Å². The smallest absolute Gasteiger partial charge is 0.255 e. The number of rotatable bonds is 5. The predicted octanol–water partition coefficient (Wildman–Crippen LogP) is 1.34. The number of aromatic nitrogens is 1. The van der Waals surface area contributed by atoms with Crippen molar-refractivity contribution in [2.75, 3.05) is 31.9 Å². The first kappa shape index (κ1) is 20.5. The van der Waals surface area contributed by atoms with Crippen molar-refractivity contribution < 1.29 is 18.0 Å². The number of para-hydroxylation sites is 1. The first-order chi connectivity index (χ1) is 14.9. The van der Waals surface area contributed by atoms with Gasteiger partial charge in [-0.3, -0.25) is 14.5 Å². The van der Waals surface area contributed by atoms with E-state index in [2.05, 4.69) is 11.1 Å². The van der Waals surface area contributed by atoms with Crippen molar-refractivity contribution in [1.29, 1.82) is 0 Å². The number of nitrogens with zero attached hydrogens (tertiary/aromatic N) is 3. The second-order valence-corrected chi connectivity index (χ2v) is 10.8. The number of fused-ring (bicyclic) bond motifs is 2. The Bertz CT molecular complexity index is 1110. The van der Waals surface area contributed by atoms with Crippen LogP contribution in [0.2, 0.25) is 0 Å². The van der Waals surface area contributed by atoms with Gasteiger partial charge in [-0.05, 0) is 37.3 Å². The molecule has 2 amide bonds. The van der Waals surface area contributed by atoms with Crippen molar-refractivity contribution in [3.8, 4) is 0 Å². The number of piperazine rings is 1. The van der Waals surface area contributed by atoms with Gasteiger partial charge in [-0.25, -0.2) is 12.7 Å². The summed E-state index contributed by atoms with van der Waals surface area (Å²) in [5.41, 5.74) is 2.31. The molecule has 2 aliphatic heterocycles. The second kappa shape index (κ2) is 7.94. The highest BCUT2D eigenvalue weighted by atomic mass is 32.2. The molecule has 1 aromatic carbocycles. The fourth-order valence-electron chi connectivity index (χ4n) is 4.81. The Morgan fingerprint density at radius 1 is 1.13 bits per heavy atom. The molecule has 0 radical (unpaired) electrons. The van der Waals surface area contributed by atoms with Crippen molar-refractivity contribution in [3.05, 3.63) is 36.0 Å². The number of aromatic amines is 1. The Labute approximate surface area is 182 Å². The van der Waals surface area contributed by atoms with E-state index < -0.39 is 16.1 Å². The lowest BCUT2D eigenvalue weighted by atomic mass is 10.1. The molecular weight excluding hydrogens is 416 g/mol. The maximum absolute atomic E-state index is 13.1. The topological polar surface area (TPSA) is 93.8 Å². The van der Waals surface area contributed by atoms with E-state index in [0.717, 1.165) is 35.5 Å². The number of amides is 2. The molecule has 1 N–H and O–H groups in total. The predicted molar refractivity (Wildman–Crippen MR) is 117 cm³/mol. The molecule has 2 aromatic rings. The quantitative estimate of drug-likeness (QED) is 0.751.